The summed E-state index contributed by atoms with van der Waals surface area (Å²) in [6, 6.07) is 20.2. The molecule has 0 aliphatic heterocycles. The summed E-state index contributed by atoms with van der Waals surface area (Å²) in [5, 5.41) is 8.08. The lowest BCUT2D eigenvalue weighted by Crippen LogP contribution is -2.11. The summed E-state index contributed by atoms with van der Waals surface area (Å²) in [7, 11) is 0. The molecular formula is C21H19N. The van der Waals surface area contributed by atoms with Crippen LogP contribution in [0.2, 0.25) is 0 Å². The Morgan fingerprint density at radius 2 is 1.45 bits per heavy atom. The molecule has 1 nitrogen and oxygen atoms in total. The third-order valence-electron chi connectivity index (χ3n) is 5.25. The van der Waals surface area contributed by atoms with Gasteiger partial charge in [0.25, 0.3) is 0 Å². The Balaban J connectivity index is 1.84. The monoisotopic (exact) mass is 285 g/mol. The fraction of sp³-hybridized carbons (Fsp3) is 0.238. The number of rotatable bonds is 3. The fourth-order valence-corrected chi connectivity index (χ4v) is 3.92. The Kier molecular flexibility index (Phi) is 2.51. The lowest BCUT2D eigenvalue weighted by Gasteiger charge is -2.18. The van der Waals surface area contributed by atoms with E-state index in [4.69, 9.17) is 5.73 Å². The quantitative estimate of drug-likeness (QED) is 0.502. The van der Waals surface area contributed by atoms with Crippen LogP contribution in [-0.4, -0.2) is 0 Å². The molecule has 22 heavy (non-hydrogen) atoms. The van der Waals surface area contributed by atoms with Crippen molar-refractivity contribution in [3.05, 3.63) is 60.2 Å². The highest BCUT2D eigenvalue weighted by Crippen LogP contribution is 2.41. The largest absolute Gasteiger partial charge is 0.324 e. The molecule has 1 fully saturated rings. The van der Waals surface area contributed by atoms with Gasteiger partial charge in [0.1, 0.15) is 0 Å². The number of benzene rings is 4. The molecule has 1 heteroatoms. The highest BCUT2D eigenvalue weighted by atomic mass is 14.6. The van der Waals surface area contributed by atoms with Crippen LogP contribution in [0, 0.1) is 5.92 Å². The van der Waals surface area contributed by atoms with Gasteiger partial charge < -0.3 is 5.73 Å². The molecule has 0 aromatic heterocycles. The summed E-state index contributed by atoms with van der Waals surface area (Å²) < 4.78 is 0. The van der Waals surface area contributed by atoms with Gasteiger partial charge in [0.15, 0.2) is 0 Å². The van der Waals surface area contributed by atoms with E-state index in [0.29, 0.717) is 0 Å². The molecule has 0 saturated heterocycles. The molecule has 0 amide bonds. The topological polar surface area (TPSA) is 26.0 Å². The lowest BCUT2D eigenvalue weighted by molar-refractivity contribution is 0.600. The minimum absolute atomic E-state index is 0.164. The summed E-state index contributed by atoms with van der Waals surface area (Å²) in [5.74, 6) is 0.855. The number of hydrogen-bond acceptors (Lipinski definition) is 1. The maximum absolute atomic E-state index is 6.53. The zero-order valence-electron chi connectivity index (χ0n) is 12.5. The Hall–Kier alpha value is -2.12. The van der Waals surface area contributed by atoms with Crippen LogP contribution in [0.5, 0.6) is 0 Å². The van der Waals surface area contributed by atoms with E-state index in [-0.39, 0.29) is 6.04 Å². The molecule has 108 valence electrons. The van der Waals surface area contributed by atoms with Crippen LogP contribution in [0.25, 0.3) is 32.3 Å². The predicted molar refractivity (Wildman–Crippen MR) is 94.4 cm³/mol. The normalized spacial score (nSPS) is 16.8. The fourth-order valence-electron chi connectivity index (χ4n) is 3.92. The van der Waals surface area contributed by atoms with Crippen molar-refractivity contribution in [3.8, 4) is 0 Å². The molecule has 4 aromatic rings. The molecule has 1 aliphatic carbocycles. The van der Waals surface area contributed by atoms with E-state index >= 15 is 0 Å². The average molecular weight is 285 g/mol. The zero-order chi connectivity index (χ0) is 14.7. The van der Waals surface area contributed by atoms with E-state index in [0.717, 1.165) is 12.3 Å². The zero-order valence-corrected chi connectivity index (χ0v) is 12.5. The van der Waals surface area contributed by atoms with Crippen LogP contribution in [0.4, 0.5) is 0 Å². The number of nitrogens with two attached hydrogens (primary N) is 1. The second-order valence-corrected chi connectivity index (χ2v) is 6.80. The van der Waals surface area contributed by atoms with E-state index in [1.54, 1.807) is 0 Å². The van der Waals surface area contributed by atoms with Crippen LogP contribution >= 0.6 is 0 Å². The predicted octanol–water partition coefficient (Wildman–Crippen LogP) is 5.38. The summed E-state index contributed by atoms with van der Waals surface area (Å²) in [5.41, 5.74) is 7.85. The number of hydrogen-bond donors (Lipinski definition) is 1. The van der Waals surface area contributed by atoms with E-state index in [2.05, 4.69) is 54.6 Å². The van der Waals surface area contributed by atoms with Crippen molar-refractivity contribution in [2.75, 3.05) is 0 Å². The first-order valence-corrected chi connectivity index (χ1v) is 8.23. The molecule has 1 saturated carbocycles. The third-order valence-corrected chi connectivity index (χ3v) is 5.25. The Bertz CT molecular complexity index is 965. The van der Waals surface area contributed by atoms with Gasteiger partial charge in [-0.25, -0.2) is 0 Å². The Morgan fingerprint density at radius 3 is 2.18 bits per heavy atom. The smallest absolute Gasteiger partial charge is 0.0303 e. The van der Waals surface area contributed by atoms with Gasteiger partial charge in [-0.2, -0.15) is 0 Å². The molecule has 1 atom stereocenters. The molecule has 5 rings (SSSR count). The van der Waals surface area contributed by atoms with Gasteiger partial charge in [-0.15, -0.1) is 0 Å². The minimum Gasteiger partial charge on any atom is -0.324 e. The molecular weight excluding hydrogens is 266 g/mol. The SMILES string of the molecule is N[C@H](CC1CC1)c1ccc2ccc3cccc4ccc1c2c34. The summed E-state index contributed by atoms with van der Waals surface area (Å²) in [6.45, 7) is 0. The van der Waals surface area contributed by atoms with Crippen molar-refractivity contribution in [1.82, 2.24) is 0 Å². The van der Waals surface area contributed by atoms with Crippen LogP contribution in [0.3, 0.4) is 0 Å². The second kappa shape index (κ2) is 4.44. The van der Waals surface area contributed by atoms with Gasteiger partial charge in [0, 0.05) is 6.04 Å². The van der Waals surface area contributed by atoms with E-state index in [1.807, 2.05) is 0 Å². The van der Waals surface area contributed by atoms with Crippen LogP contribution in [0.1, 0.15) is 30.9 Å². The first-order chi connectivity index (χ1) is 10.8. The maximum atomic E-state index is 6.53. The molecule has 0 heterocycles. The highest BCUT2D eigenvalue weighted by molar-refractivity contribution is 6.23. The molecule has 0 spiro atoms. The highest BCUT2D eigenvalue weighted by Gasteiger charge is 2.25. The van der Waals surface area contributed by atoms with Crippen LogP contribution < -0.4 is 5.73 Å². The van der Waals surface area contributed by atoms with Crippen LogP contribution in [-0.2, 0) is 0 Å². The van der Waals surface area contributed by atoms with Crippen molar-refractivity contribution in [2.24, 2.45) is 11.7 Å². The van der Waals surface area contributed by atoms with Gasteiger partial charge in [-0.05, 0) is 50.2 Å². The summed E-state index contributed by atoms with van der Waals surface area (Å²) in [6.07, 6.45) is 3.85. The third kappa shape index (κ3) is 1.75. The minimum atomic E-state index is 0.164. The van der Waals surface area contributed by atoms with Crippen molar-refractivity contribution in [2.45, 2.75) is 25.3 Å². The lowest BCUT2D eigenvalue weighted by atomic mass is 9.89. The summed E-state index contributed by atoms with van der Waals surface area (Å²) >= 11 is 0. The van der Waals surface area contributed by atoms with Crippen molar-refractivity contribution >= 4 is 32.3 Å². The standard InChI is InChI=1S/C21H19N/c22-19(12-13-4-5-13)17-10-8-16-7-6-14-2-1-3-15-9-11-18(17)21(16)20(14)15/h1-3,6-11,13,19H,4-5,12,22H2/t19-/m1/s1. The molecule has 0 radical (unpaired) electrons. The summed E-state index contributed by atoms with van der Waals surface area (Å²) in [4.78, 5) is 0. The Morgan fingerprint density at radius 1 is 0.818 bits per heavy atom. The van der Waals surface area contributed by atoms with Gasteiger partial charge in [0.2, 0.25) is 0 Å². The van der Waals surface area contributed by atoms with E-state index in [1.165, 1.54) is 50.7 Å². The Labute approximate surface area is 130 Å². The van der Waals surface area contributed by atoms with E-state index in [9.17, 15) is 0 Å². The van der Waals surface area contributed by atoms with Crippen molar-refractivity contribution < 1.29 is 0 Å². The van der Waals surface area contributed by atoms with Crippen molar-refractivity contribution in [3.63, 3.8) is 0 Å². The van der Waals surface area contributed by atoms with Gasteiger partial charge in [-0.3, -0.25) is 0 Å². The molecule has 0 bridgehead atoms. The van der Waals surface area contributed by atoms with Gasteiger partial charge in [0.05, 0.1) is 0 Å². The maximum Gasteiger partial charge on any atom is 0.0303 e. The van der Waals surface area contributed by atoms with Crippen LogP contribution in [0.15, 0.2) is 54.6 Å². The molecule has 0 unspecified atom stereocenters. The molecule has 2 N–H and O–H groups in total. The van der Waals surface area contributed by atoms with Gasteiger partial charge in [-0.1, -0.05) is 67.4 Å². The second-order valence-electron chi connectivity index (χ2n) is 6.80. The molecule has 4 aromatic carbocycles. The molecule has 1 aliphatic rings. The first kappa shape index (κ1) is 12.4. The first-order valence-electron chi connectivity index (χ1n) is 8.23. The van der Waals surface area contributed by atoms with Gasteiger partial charge >= 0.3 is 0 Å². The average Bonchev–Trinajstić information content (AvgIpc) is 3.36. The van der Waals surface area contributed by atoms with E-state index < -0.39 is 0 Å². The van der Waals surface area contributed by atoms with Crippen molar-refractivity contribution in [1.29, 1.82) is 0 Å².